The summed E-state index contributed by atoms with van der Waals surface area (Å²) in [4.78, 5) is 4.76. The number of hydrogen-bond acceptors (Lipinski definition) is 2. The maximum atomic E-state index is 2.63. The second-order valence-corrected chi connectivity index (χ2v) is 21.0. The van der Waals surface area contributed by atoms with E-state index in [1.807, 2.05) is 0 Å². The molecule has 0 saturated heterocycles. The van der Waals surface area contributed by atoms with Gasteiger partial charge in [0, 0.05) is 39.5 Å². The zero-order valence-corrected chi connectivity index (χ0v) is 43.9. The third-order valence-electron chi connectivity index (χ3n) is 15.5. The Morgan fingerprint density at radius 3 is 0.803 bits per heavy atom. The first kappa shape index (κ1) is 49.3. The van der Waals surface area contributed by atoms with Gasteiger partial charge in [-0.25, -0.2) is 0 Å². The van der Waals surface area contributed by atoms with Crippen molar-refractivity contribution in [1.82, 2.24) is 0 Å². The zero-order chi connectivity index (χ0) is 49.5. The van der Waals surface area contributed by atoms with Crippen molar-refractivity contribution in [2.24, 2.45) is 11.8 Å². The van der Waals surface area contributed by atoms with Gasteiger partial charge in [0.1, 0.15) is 0 Å². The molecular weight excluding hydrogens is 857 g/mol. The lowest BCUT2D eigenvalue weighted by molar-refractivity contribution is 0.260. The maximum absolute atomic E-state index is 2.63. The van der Waals surface area contributed by atoms with E-state index in [-0.39, 0.29) is 5.41 Å². The standard InChI is InChI=1S/C69H76N2/c1-9-13-53(14-10-2)47-69(48-54(15-11-3)16-12-4)67-45-57(55-25-39-63(40-26-55)70(59-31-17-49(5)18-32-59)60-33-19-50(6)20-34-60)29-43-65(67)66-44-30-58(46-68(66)69)56-27-41-64(42-28-56)71(61-35-21-51(7)22-36-61)62-37-23-52(8)24-38-62/h17-46,53-54H,9-16,47-48H2,1-8H3. The van der Waals surface area contributed by atoms with Crippen LogP contribution in [0.5, 0.6) is 0 Å². The third-order valence-corrected chi connectivity index (χ3v) is 15.5. The van der Waals surface area contributed by atoms with E-state index in [0.29, 0.717) is 11.8 Å². The Morgan fingerprint density at radius 1 is 0.310 bits per heavy atom. The van der Waals surface area contributed by atoms with Crippen molar-refractivity contribution < 1.29 is 0 Å². The van der Waals surface area contributed by atoms with E-state index in [0.717, 1.165) is 34.1 Å². The number of hydrogen-bond donors (Lipinski definition) is 0. The number of fused-ring (bicyclic) bond motifs is 3. The molecule has 0 heterocycles. The molecule has 1 aliphatic carbocycles. The Kier molecular flexibility index (Phi) is 15.4. The second-order valence-electron chi connectivity index (χ2n) is 21.0. The SMILES string of the molecule is CCCC(CCC)CC1(CC(CCC)CCC)c2cc(-c3ccc(N(c4ccc(C)cc4)c4ccc(C)cc4)cc3)ccc2-c2ccc(-c3ccc(N(c4ccc(C)cc4)c4ccc(C)cc4)cc3)cc21. The van der Waals surface area contributed by atoms with Crippen molar-refractivity contribution in [3.05, 3.63) is 215 Å². The zero-order valence-electron chi connectivity index (χ0n) is 43.9. The Hall–Kier alpha value is -6.64. The average molecular weight is 933 g/mol. The average Bonchev–Trinajstić information content (AvgIpc) is 3.64. The summed E-state index contributed by atoms with van der Waals surface area (Å²) in [7, 11) is 0. The molecule has 0 aliphatic heterocycles. The molecule has 0 bridgehead atoms. The summed E-state index contributed by atoms with van der Waals surface area (Å²) in [6.07, 6.45) is 12.3. The van der Waals surface area contributed by atoms with E-state index in [9.17, 15) is 0 Å². The van der Waals surface area contributed by atoms with Crippen LogP contribution in [0.4, 0.5) is 34.1 Å². The van der Waals surface area contributed by atoms with E-state index >= 15 is 0 Å². The predicted molar refractivity (Wildman–Crippen MR) is 308 cm³/mol. The summed E-state index contributed by atoms with van der Waals surface area (Å²) in [6, 6.07) is 69.3. The highest BCUT2D eigenvalue weighted by atomic mass is 15.1. The van der Waals surface area contributed by atoms with Crippen molar-refractivity contribution in [2.45, 2.75) is 125 Å². The molecule has 8 aromatic carbocycles. The number of benzene rings is 8. The lowest BCUT2D eigenvalue weighted by Gasteiger charge is -2.39. The fourth-order valence-electron chi connectivity index (χ4n) is 12.0. The predicted octanol–water partition coefficient (Wildman–Crippen LogP) is 20.7. The first-order valence-electron chi connectivity index (χ1n) is 27.0. The number of rotatable bonds is 20. The minimum atomic E-state index is -0.0953. The minimum absolute atomic E-state index is 0.0953. The van der Waals surface area contributed by atoms with Crippen molar-refractivity contribution in [1.29, 1.82) is 0 Å². The molecule has 0 radical (unpaired) electrons. The maximum Gasteiger partial charge on any atom is 0.0462 e. The summed E-state index contributed by atoms with van der Waals surface area (Å²) in [5.41, 5.74) is 23.0. The third kappa shape index (κ3) is 10.7. The van der Waals surface area contributed by atoms with E-state index in [4.69, 9.17) is 0 Å². The summed E-state index contributed by atoms with van der Waals surface area (Å²) in [5.74, 6) is 1.31. The van der Waals surface area contributed by atoms with E-state index in [1.54, 1.807) is 11.1 Å². The van der Waals surface area contributed by atoms with Gasteiger partial charge < -0.3 is 9.80 Å². The van der Waals surface area contributed by atoms with E-state index in [2.05, 4.69) is 247 Å². The summed E-state index contributed by atoms with van der Waals surface area (Å²) in [6.45, 7) is 18.2. The van der Waals surface area contributed by atoms with Crippen LogP contribution in [0.1, 0.15) is 125 Å². The molecule has 9 rings (SSSR count). The van der Waals surface area contributed by atoms with Crippen LogP contribution in [0.3, 0.4) is 0 Å². The fraction of sp³-hybridized carbons (Fsp3) is 0.304. The number of aryl methyl sites for hydroxylation is 4. The van der Waals surface area contributed by atoms with Crippen LogP contribution in [-0.2, 0) is 5.41 Å². The van der Waals surface area contributed by atoms with Crippen molar-refractivity contribution >= 4 is 34.1 Å². The highest BCUT2D eigenvalue weighted by Crippen LogP contribution is 2.58. The lowest BCUT2D eigenvalue weighted by atomic mass is 9.64. The molecule has 0 atom stereocenters. The minimum Gasteiger partial charge on any atom is -0.311 e. The Balaban J connectivity index is 1.14. The topological polar surface area (TPSA) is 6.48 Å². The molecular formula is C69H76N2. The Morgan fingerprint density at radius 2 is 0.549 bits per heavy atom. The van der Waals surface area contributed by atoms with Gasteiger partial charge in [-0.3, -0.25) is 0 Å². The van der Waals surface area contributed by atoms with Crippen LogP contribution >= 0.6 is 0 Å². The fourth-order valence-corrected chi connectivity index (χ4v) is 12.0. The molecule has 0 spiro atoms. The molecule has 0 aromatic heterocycles. The van der Waals surface area contributed by atoms with Crippen LogP contribution in [0.15, 0.2) is 182 Å². The molecule has 0 saturated carbocycles. The van der Waals surface area contributed by atoms with Gasteiger partial charge in [-0.1, -0.05) is 198 Å². The molecule has 0 N–H and O–H groups in total. The molecule has 71 heavy (non-hydrogen) atoms. The van der Waals surface area contributed by atoms with Crippen molar-refractivity contribution in [3.8, 4) is 33.4 Å². The van der Waals surface area contributed by atoms with Gasteiger partial charge in [-0.15, -0.1) is 0 Å². The van der Waals surface area contributed by atoms with Gasteiger partial charge in [0.15, 0.2) is 0 Å². The van der Waals surface area contributed by atoms with Gasteiger partial charge in [0.25, 0.3) is 0 Å². The van der Waals surface area contributed by atoms with Crippen molar-refractivity contribution in [3.63, 3.8) is 0 Å². The molecule has 2 heteroatoms. The highest BCUT2D eigenvalue weighted by Gasteiger charge is 2.45. The number of nitrogens with zero attached hydrogens (tertiary/aromatic N) is 2. The first-order valence-corrected chi connectivity index (χ1v) is 27.0. The van der Waals surface area contributed by atoms with Crippen LogP contribution in [-0.4, -0.2) is 0 Å². The normalized spacial score (nSPS) is 12.6. The lowest BCUT2D eigenvalue weighted by Crippen LogP contribution is -2.32. The molecule has 1 aliphatic rings. The van der Waals surface area contributed by atoms with Gasteiger partial charge in [0.2, 0.25) is 0 Å². The van der Waals surface area contributed by atoms with Crippen LogP contribution in [0, 0.1) is 39.5 Å². The quantitative estimate of drug-likeness (QED) is 0.0751. The molecule has 8 aromatic rings. The van der Waals surface area contributed by atoms with Gasteiger partial charge >= 0.3 is 0 Å². The summed E-state index contributed by atoms with van der Waals surface area (Å²) < 4.78 is 0. The molecule has 0 unspecified atom stereocenters. The Labute approximate surface area is 427 Å². The van der Waals surface area contributed by atoms with Crippen molar-refractivity contribution in [2.75, 3.05) is 9.80 Å². The second kappa shape index (κ2) is 22.2. The first-order chi connectivity index (χ1) is 34.6. The highest BCUT2D eigenvalue weighted by molar-refractivity contribution is 5.87. The van der Waals surface area contributed by atoms with Crippen LogP contribution in [0.2, 0.25) is 0 Å². The summed E-state index contributed by atoms with van der Waals surface area (Å²) >= 11 is 0. The Bertz CT molecular complexity index is 2670. The molecule has 0 fully saturated rings. The van der Waals surface area contributed by atoms with Gasteiger partial charge in [-0.2, -0.15) is 0 Å². The largest absolute Gasteiger partial charge is 0.311 e. The number of anilines is 6. The van der Waals surface area contributed by atoms with Gasteiger partial charge in [-0.05, 0) is 182 Å². The monoisotopic (exact) mass is 933 g/mol. The van der Waals surface area contributed by atoms with E-state index < -0.39 is 0 Å². The van der Waals surface area contributed by atoms with Gasteiger partial charge in [0.05, 0.1) is 0 Å². The molecule has 2 nitrogen and oxygen atoms in total. The van der Waals surface area contributed by atoms with Crippen LogP contribution in [0.25, 0.3) is 33.4 Å². The summed E-state index contributed by atoms with van der Waals surface area (Å²) in [5, 5.41) is 0. The smallest absolute Gasteiger partial charge is 0.0462 e. The molecule has 362 valence electrons. The molecule has 0 amide bonds. The van der Waals surface area contributed by atoms with E-state index in [1.165, 1.54) is 120 Å². The van der Waals surface area contributed by atoms with Crippen LogP contribution < -0.4 is 9.80 Å².